The Bertz CT molecular complexity index is 745. The lowest BCUT2D eigenvalue weighted by atomic mass is 10.1. The van der Waals surface area contributed by atoms with Crippen LogP contribution in [0.25, 0.3) is 0 Å². The SMILES string of the molecule is C[C@@H](Oc1cccc(Cl)c1)C(=O)NCc1ccc(CN2CCOCC2)cc1. The Balaban J connectivity index is 1.45. The van der Waals surface area contributed by atoms with Crippen LogP contribution >= 0.6 is 11.6 Å². The highest BCUT2D eigenvalue weighted by Gasteiger charge is 2.15. The van der Waals surface area contributed by atoms with Crippen LogP contribution in [0.4, 0.5) is 0 Å². The fourth-order valence-corrected chi connectivity index (χ4v) is 3.09. The number of hydrogen-bond acceptors (Lipinski definition) is 4. The number of carbonyl (C=O) groups is 1. The van der Waals surface area contributed by atoms with Crippen molar-refractivity contribution < 1.29 is 14.3 Å². The summed E-state index contributed by atoms with van der Waals surface area (Å²) in [6, 6.07) is 15.4. The zero-order valence-corrected chi connectivity index (χ0v) is 16.2. The molecule has 1 aliphatic rings. The summed E-state index contributed by atoms with van der Waals surface area (Å²) in [4.78, 5) is 14.6. The number of nitrogens with zero attached hydrogens (tertiary/aromatic N) is 1. The van der Waals surface area contributed by atoms with Crippen LogP contribution in [0.15, 0.2) is 48.5 Å². The highest BCUT2D eigenvalue weighted by Crippen LogP contribution is 2.18. The zero-order chi connectivity index (χ0) is 19.1. The zero-order valence-electron chi connectivity index (χ0n) is 15.5. The fourth-order valence-electron chi connectivity index (χ4n) is 2.91. The van der Waals surface area contributed by atoms with Crippen LogP contribution in [0.5, 0.6) is 5.75 Å². The van der Waals surface area contributed by atoms with Gasteiger partial charge in [0, 0.05) is 31.2 Å². The van der Waals surface area contributed by atoms with Crippen molar-refractivity contribution in [2.45, 2.75) is 26.1 Å². The molecule has 1 saturated heterocycles. The Morgan fingerprint density at radius 3 is 2.59 bits per heavy atom. The molecule has 1 heterocycles. The van der Waals surface area contributed by atoms with E-state index in [2.05, 4.69) is 34.5 Å². The third-order valence-corrected chi connectivity index (χ3v) is 4.71. The second-order valence-corrected chi connectivity index (χ2v) is 7.08. The molecule has 2 aromatic carbocycles. The molecule has 1 amide bonds. The molecule has 144 valence electrons. The van der Waals surface area contributed by atoms with Crippen LogP contribution in [-0.2, 0) is 22.6 Å². The van der Waals surface area contributed by atoms with Crippen molar-refractivity contribution in [3.63, 3.8) is 0 Å². The third kappa shape index (κ3) is 6.24. The first kappa shape index (κ1) is 19.7. The molecule has 1 N–H and O–H groups in total. The van der Waals surface area contributed by atoms with Gasteiger partial charge in [-0.25, -0.2) is 0 Å². The highest BCUT2D eigenvalue weighted by molar-refractivity contribution is 6.30. The van der Waals surface area contributed by atoms with Gasteiger partial charge >= 0.3 is 0 Å². The Morgan fingerprint density at radius 1 is 1.19 bits per heavy atom. The Kier molecular flexibility index (Phi) is 7.10. The lowest BCUT2D eigenvalue weighted by Gasteiger charge is -2.26. The largest absolute Gasteiger partial charge is 0.481 e. The normalized spacial score (nSPS) is 15.9. The molecule has 0 saturated carbocycles. The molecule has 27 heavy (non-hydrogen) atoms. The van der Waals surface area contributed by atoms with Gasteiger partial charge in [-0.05, 0) is 36.2 Å². The first-order valence-corrected chi connectivity index (χ1v) is 9.56. The van der Waals surface area contributed by atoms with Crippen molar-refractivity contribution in [2.24, 2.45) is 0 Å². The maximum absolute atomic E-state index is 12.2. The second kappa shape index (κ2) is 9.74. The summed E-state index contributed by atoms with van der Waals surface area (Å²) in [5, 5.41) is 3.49. The predicted octanol–water partition coefficient (Wildman–Crippen LogP) is 3.26. The summed E-state index contributed by atoms with van der Waals surface area (Å²) < 4.78 is 11.0. The van der Waals surface area contributed by atoms with Crippen LogP contribution in [0.2, 0.25) is 5.02 Å². The van der Waals surface area contributed by atoms with Crippen molar-refractivity contribution in [1.29, 1.82) is 0 Å². The predicted molar refractivity (Wildman–Crippen MR) is 106 cm³/mol. The van der Waals surface area contributed by atoms with Crippen LogP contribution in [0.1, 0.15) is 18.1 Å². The van der Waals surface area contributed by atoms with Crippen LogP contribution < -0.4 is 10.1 Å². The van der Waals surface area contributed by atoms with E-state index >= 15 is 0 Å². The van der Waals surface area contributed by atoms with E-state index in [1.165, 1.54) is 5.56 Å². The molecular weight excluding hydrogens is 364 g/mol. The van der Waals surface area contributed by atoms with E-state index in [4.69, 9.17) is 21.1 Å². The molecule has 0 unspecified atom stereocenters. The topological polar surface area (TPSA) is 50.8 Å². The van der Waals surface area contributed by atoms with Gasteiger partial charge in [0.15, 0.2) is 6.10 Å². The van der Waals surface area contributed by atoms with Gasteiger partial charge in [0.1, 0.15) is 5.75 Å². The number of nitrogens with one attached hydrogen (secondary N) is 1. The summed E-state index contributed by atoms with van der Waals surface area (Å²) in [6.45, 7) is 6.69. The van der Waals surface area contributed by atoms with Crippen LogP contribution in [0, 0.1) is 0 Å². The van der Waals surface area contributed by atoms with Crippen molar-refractivity contribution >= 4 is 17.5 Å². The van der Waals surface area contributed by atoms with Gasteiger partial charge in [0.2, 0.25) is 0 Å². The molecule has 0 bridgehead atoms. The highest BCUT2D eigenvalue weighted by atomic mass is 35.5. The number of rotatable bonds is 7. The Labute approximate surface area is 165 Å². The number of hydrogen-bond donors (Lipinski definition) is 1. The first-order valence-electron chi connectivity index (χ1n) is 9.18. The first-order chi connectivity index (χ1) is 13.1. The summed E-state index contributed by atoms with van der Waals surface area (Å²) >= 11 is 5.93. The molecule has 0 aromatic heterocycles. The molecule has 1 aliphatic heterocycles. The van der Waals surface area contributed by atoms with Gasteiger partial charge in [0.25, 0.3) is 5.91 Å². The minimum Gasteiger partial charge on any atom is -0.481 e. The van der Waals surface area contributed by atoms with Gasteiger partial charge in [-0.2, -0.15) is 0 Å². The minimum atomic E-state index is -0.593. The fraction of sp³-hybridized carbons (Fsp3) is 0.381. The summed E-state index contributed by atoms with van der Waals surface area (Å²) in [7, 11) is 0. The maximum Gasteiger partial charge on any atom is 0.261 e. The quantitative estimate of drug-likeness (QED) is 0.791. The van der Waals surface area contributed by atoms with Crippen molar-refractivity contribution in [1.82, 2.24) is 10.2 Å². The Morgan fingerprint density at radius 2 is 1.89 bits per heavy atom. The summed E-state index contributed by atoms with van der Waals surface area (Å²) in [5.74, 6) is 0.421. The molecule has 5 nitrogen and oxygen atoms in total. The molecule has 3 rings (SSSR count). The number of carbonyl (C=O) groups excluding carboxylic acids is 1. The minimum absolute atomic E-state index is 0.160. The van der Waals surface area contributed by atoms with Gasteiger partial charge in [-0.1, -0.05) is 41.9 Å². The van der Waals surface area contributed by atoms with E-state index in [0.29, 0.717) is 17.3 Å². The van der Waals surface area contributed by atoms with Gasteiger partial charge in [-0.15, -0.1) is 0 Å². The van der Waals surface area contributed by atoms with E-state index in [0.717, 1.165) is 38.4 Å². The lowest BCUT2D eigenvalue weighted by molar-refractivity contribution is -0.127. The average Bonchev–Trinajstić information content (AvgIpc) is 2.68. The molecule has 1 atom stereocenters. The average molecular weight is 389 g/mol. The van der Waals surface area contributed by atoms with E-state index in [-0.39, 0.29) is 5.91 Å². The second-order valence-electron chi connectivity index (χ2n) is 6.64. The molecule has 1 fully saturated rings. The van der Waals surface area contributed by atoms with Gasteiger partial charge < -0.3 is 14.8 Å². The van der Waals surface area contributed by atoms with E-state index < -0.39 is 6.10 Å². The standard InChI is InChI=1S/C21H25ClN2O3/c1-16(27-20-4-2-3-19(22)13-20)21(25)23-14-17-5-7-18(8-6-17)15-24-9-11-26-12-10-24/h2-8,13,16H,9-12,14-15H2,1H3,(H,23,25)/t16-/m1/s1. The Hall–Kier alpha value is -2.08. The van der Waals surface area contributed by atoms with Crippen molar-refractivity contribution in [3.05, 3.63) is 64.7 Å². The smallest absolute Gasteiger partial charge is 0.261 e. The van der Waals surface area contributed by atoms with Gasteiger partial charge in [0.05, 0.1) is 13.2 Å². The number of benzene rings is 2. The molecule has 0 spiro atoms. The monoisotopic (exact) mass is 388 g/mol. The number of morpholine rings is 1. The molecular formula is C21H25ClN2O3. The summed E-state index contributed by atoms with van der Waals surface area (Å²) in [5.41, 5.74) is 2.33. The molecule has 6 heteroatoms. The molecule has 2 aromatic rings. The summed E-state index contributed by atoms with van der Waals surface area (Å²) in [6.07, 6.45) is -0.593. The molecule has 0 radical (unpaired) electrons. The van der Waals surface area contributed by atoms with E-state index in [9.17, 15) is 4.79 Å². The van der Waals surface area contributed by atoms with Crippen molar-refractivity contribution in [3.8, 4) is 5.75 Å². The third-order valence-electron chi connectivity index (χ3n) is 4.48. The van der Waals surface area contributed by atoms with Crippen LogP contribution in [0.3, 0.4) is 0 Å². The van der Waals surface area contributed by atoms with Crippen LogP contribution in [-0.4, -0.2) is 43.2 Å². The van der Waals surface area contributed by atoms with Crippen molar-refractivity contribution in [2.75, 3.05) is 26.3 Å². The lowest BCUT2D eigenvalue weighted by Crippen LogP contribution is -2.36. The molecule has 0 aliphatic carbocycles. The number of ether oxygens (including phenoxy) is 2. The number of halogens is 1. The van der Waals surface area contributed by atoms with E-state index in [1.807, 2.05) is 0 Å². The van der Waals surface area contributed by atoms with Gasteiger partial charge in [-0.3, -0.25) is 9.69 Å². The number of amides is 1. The van der Waals surface area contributed by atoms with E-state index in [1.54, 1.807) is 31.2 Å². The maximum atomic E-state index is 12.2.